The van der Waals surface area contributed by atoms with Crippen LogP contribution in [0.5, 0.6) is 0 Å². The molecule has 0 bridgehead atoms. The van der Waals surface area contributed by atoms with Crippen molar-refractivity contribution in [2.45, 2.75) is 6.92 Å². The van der Waals surface area contributed by atoms with Crippen molar-refractivity contribution < 1.29 is 9.47 Å². The van der Waals surface area contributed by atoms with Gasteiger partial charge >= 0.3 is 0 Å². The van der Waals surface area contributed by atoms with Crippen LogP contribution in [0.2, 0.25) is 5.02 Å². The van der Waals surface area contributed by atoms with E-state index in [0.717, 1.165) is 11.3 Å². The number of nitrogen functional groups attached to an aromatic ring is 1. The van der Waals surface area contributed by atoms with E-state index in [4.69, 9.17) is 26.8 Å². The number of benzene rings is 1. The molecule has 3 N–H and O–H groups in total. The molecule has 0 amide bonds. The van der Waals surface area contributed by atoms with Gasteiger partial charge in [0.2, 0.25) is 0 Å². The third kappa shape index (κ3) is 5.19. The number of anilines is 4. The molecule has 136 valence electrons. The largest absolute Gasteiger partial charge is 0.393 e. The highest BCUT2D eigenvalue weighted by atomic mass is 35.5. The lowest BCUT2D eigenvalue weighted by molar-refractivity contribution is 0.190. The standard InChI is InChI=1S/C17H24ClN5O2/c1-12-4-5-13(18)10-14(12)22-16-15(19)17(21-11-20-16)23(6-8-24-2)7-9-25-3/h4-5,10-11H,6-9,19H2,1-3H3,(H,20,21,22). The van der Waals surface area contributed by atoms with Crippen LogP contribution >= 0.6 is 11.6 Å². The first-order valence-electron chi connectivity index (χ1n) is 7.93. The summed E-state index contributed by atoms with van der Waals surface area (Å²) in [6, 6.07) is 5.62. The predicted octanol–water partition coefficient (Wildman–Crippen LogP) is 2.86. The second kappa shape index (κ2) is 9.41. The van der Waals surface area contributed by atoms with Gasteiger partial charge in [-0.25, -0.2) is 9.97 Å². The van der Waals surface area contributed by atoms with E-state index in [1.807, 2.05) is 30.0 Å². The Balaban J connectivity index is 2.29. The van der Waals surface area contributed by atoms with Crippen LogP contribution in [0.1, 0.15) is 5.56 Å². The minimum absolute atomic E-state index is 0.467. The van der Waals surface area contributed by atoms with Crippen molar-refractivity contribution >= 4 is 34.6 Å². The first-order valence-corrected chi connectivity index (χ1v) is 8.31. The molecule has 0 unspecified atom stereocenters. The molecule has 7 nitrogen and oxygen atoms in total. The first kappa shape index (κ1) is 19.2. The smallest absolute Gasteiger partial charge is 0.159 e. The molecule has 1 heterocycles. The van der Waals surface area contributed by atoms with Gasteiger partial charge in [-0.1, -0.05) is 17.7 Å². The Morgan fingerprint density at radius 3 is 2.48 bits per heavy atom. The summed E-state index contributed by atoms with van der Waals surface area (Å²) in [6.07, 6.45) is 1.49. The van der Waals surface area contributed by atoms with E-state index in [-0.39, 0.29) is 0 Å². The minimum Gasteiger partial charge on any atom is -0.393 e. The molecule has 0 aliphatic carbocycles. The highest BCUT2D eigenvalue weighted by molar-refractivity contribution is 6.30. The molecular formula is C17H24ClN5O2. The van der Waals surface area contributed by atoms with Crippen LogP contribution in [0, 0.1) is 6.92 Å². The molecule has 0 atom stereocenters. The fraction of sp³-hybridized carbons (Fsp3) is 0.412. The number of ether oxygens (including phenoxy) is 2. The lowest BCUT2D eigenvalue weighted by Crippen LogP contribution is -2.32. The summed E-state index contributed by atoms with van der Waals surface area (Å²) < 4.78 is 10.3. The van der Waals surface area contributed by atoms with Crippen molar-refractivity contribution in [3.8, 4) is 0 Å². The molecule has 0 spiro atoms. The number of halogens is 1. The van der Waals surface area contributed by atoms with E-state index < -0.39 is 0 Å². The summed E-state index contributed by atoms with van der Waals surface area (Å²) in [5.74, 6) is 1.18. The number of aryl methyl sites for hydroxylation is 1. The van der Waals surface area contributed by atoms with Crippen LogP contribution in [0.3, 0.4) is 0 Å². The maximum Gasteiger partial charge on any atom is 0.159 e. The summed E-state index contributed by atoms with van der Waals surface area (Å²) in [7, 11) is 3.32. The van der Waals surface area contributed by atoms with Gasteiger partial charge in [-0.2, -0.15) is 0 Å². The molecule has 0 fully saturated rings. The molecule has 2 rings (SSSR count). The zero-order valence-electron chi connectivity index (χ0n) is 14.8. The Hall–Kier alpha value is -2.09. The van der Waals surface area contributed by atoms with Crippen molar-refractivity contribution in [1.82, 2.24) is 9.97 Å². The lowest BCUT2D eigenvalue weighted by Gasteiger charge is -2.25. The van der Waals surface area contributed by atoms with Crippen LogP contribution in [0.4, 0.5) is 23.0 Å². The normalized spacial score (nSPS) is 10.7. The summed E-state index contributed by atoms with van der Waals surface area (Å²) in [5.41, 5.74) is 8.68. The van der Waals surface area contributed by atoms with Crippen LogP contribution in [-0.4, -0.2) is 50.5 Å². The topological polar surface area (TPSA) is 85.5 Å². The van der Waals surface area contributed by atoms with Gasteiger partial charge in [0.1, 0.15) is 12.0 Å². The average Bonchev–Trinajstić information content (AvgIpc) is 2.60. The van der Waals surface area contributed by atoms with Gasteiger partial charge in [-0.15, -0.1) is 0 Å². The van der Waals surface area contributed by atoms with Gasteiger partial charge in [0, 0.05) is 38.0 Å². The summed E-state index contributed by atoms with van der Waals surface area (Å²) in [5, 5.41) is 3.88. The molecule has 0 aliphatic heterocycles. The summed E-state index contributed by atoms with van der Waals surface area (Å²) >= 11 is 6.08. The number of methoxy groups -OCH3 is 2. The van der Waals surface area contributed by atoms with E-state index in [0.29, 0.717) is 48.6 Å². The fourth-order valence-corrected chi connectivity index (χ4v) is 2.49. The predicted molar refractivity (Wildman–Crippen MR) is 102 cm³/mol. The molecule has 1 aromatic carbocycles. The van der Waals surface area contributed by atoms with Gasteiger partial charge in [0.05, 0.1) is 13.2 Å². The van der Waals surface area contributed by atoms with Crippen molar-refractivity contribution in [3.05, 3.63) is 35.1 Å². The van der Waals surface area contributed by atoms with E-state index in [1.165, 1.54) is 6.33 Å². The maximum absolute atomic E-state index is 6.32. The number of aromatic nitrogens is 2. The highest BCUT2D eigenvalue weighted by Gasteiger charge is 2.15. The van der Waals surface area contributed by atoms with Gasteiger partial charge in [-0.3, -0.25) is 0 Å². The van der Waals surface area contributed by atoms with Crippen LogP contribution in [0.25, 0.3) is 0 Å². The zero-order chi connectivity index (χ0) is 18.2. The number of hydrogen-bond donors (Lipinski definition) is 2. The van der Waals surface area contributed by atoms with Crippen molar-refractivity contribution in [3.63, 3.8) is 0 Å². The van der Waals surface area contributed by atoms with Crippen LogP contribution in [-0.2, 0) is 9.47 Å². The number of nitrogens with two attached hydrogens (primary N) is 1. The molecular weight excluding hydrogens is 342 g/mol. The molecule has 0 aliphatic rings. The Morgan fingerprint density at radius 1 is 1.16 bits per heavy atom. The Kier molecular flexibility index (Phi) is 7.24. The first-order chi connectivity index (χ1) is 12.1. The van der Waals surface area contributed by atoms with Gasteiger partial charge in [0.15, 0.2) is 11.6 Å². The molecule has 8 heteroatoms. The molecule has 1 aromatic heterocycles. The van der Waals surface area contributed by atoms with E-state index in [9.17, 15) is 0 Å². The van der Waals surface area contributed by atoms with Crippen molar-refractivity contribution in [2.75, 3.05) is 56.5 Å². The monoisotopic (exact) mass is 365 g/mol. The highest BCUT2D eigenvalue weighted by Crippen LogP contribution is 2.30. The second-order valence-electron chi connectivity index (χ2n) is 5.52. The van der Waals surface area contributed by atoms with Crippen LogP contribution < -0.4 is 16.0 Å². The number of rotatable bonds is 9. The number of hydrogen-bond acceptors (Lipinski definition) is 7. The van der Waals surface area contributed by atoms with E-state index in [1.54, 1.807) is 14.2 Å². The molecule has 0 saturated carbocycles. The molecule has 0 radical (unpaired) electrons. The lowest BCUT2D eigenvalue weighted by atomic mass is 10.2. The van der Waals surface area contributed by atoms with Crippen molar-refractivity contribution in [1.29, 1.82) is 0 Å². The maximum atomic E-state index is 6.32. The number of nitrogens with zero attached hydrogens (tertiary/aromatic N) is 3. The molecule has 25 heavy (non-hydrogen) atoms. The fourth-order valence-electron chi connectivity index (χ4n) is 2.32. The molecule has 2 aromatic rings. The number of nitrogens with one attached hydrogen (secondary N) is 1. The Bertz CT molecular complexity index is 691. The van der Waals surface area contributed by atoms with Crippen molar-refractivity contribution in [2.24, 2.45) is 0 Å². The van der Waals surface area contributed by atoms with Gasteiger partial charge < -0.3 is 25.4 Å². The summed E-state index contributed by atoms with van der Waals surface area (Å²) in [6.45, 7) is 4.40. The minimum atomic E-state index is 0.467. The van der Waals surface area contributed by atoms with Gasteiger partial charge in [-0.05, 0) is 24.6 Å². The average molecular weight is 366 g/mol. The quantitative estimate of drug-likeness (QED) is 0.706. The van der Waals surface area contributed by atoms with Gasteiger partial charge in [0.25, 0.3) is 0 Å². The molecule has 0 saturated heterocycles. The van der Waals surface area contributed by atoms with E-state index in [2.05, 4.69) is 15.3 Å². The van der Waals surface area contributed by atoms with Crippen LogP contribution in [0.15, 0.2) is 24.5 Å². The third-order valence-electron chi connectivity index (χ3n) is 3.75. The zero-order valence-corrected chi connectivity index (χ0v) is 15.5. The summed E-state index contributed by atoms with van der Waals surface area (Å²) in [4.78, 5) is 10.6. The second-order valence-corrected chi connectivity index (χ2v) is 5.95. The SMILES string of the molecule is COCCN(CCOC)c1ncnc(Nc2cc(Cl)ccc2C)c1N. The van der Waals surface area contributed by atoms with E-state index >= 15 is 0 Å². The Morgan fingerprint density at radius 2 is 1.84 bits per heavy atom. The third-order valence-corrected chi connectivity index (χ3v) is 3.98. The Labute approximate surface area is 153 Å².